The molecule has 0 saturated carbocycles. The third kappa shape index (κ3) is 8.95. The van der Waals surface area contributed by atoms with Gasteiger partial charge in [-0.3, -0.25) is 19.2 Å². The van der Waals surface area contributed by atoms with E-state index in [1.165, 1.54) is 40.7 Å². The van der Waals surface area contributed by atoms with Gasteiger partial charge < -0.3 is 14.2 Å². The van der Waals surface area contributed by atoms with Crippen molar-refractivity contribution in [3.63, 3.8) is 0 Å². The minimum atomic E-state index is -0.436. The van der Waals surface area contributed by atoms with Crippen LogP contribution in [0.15, 0.2) is 80.3 Å². The van der Waals surface area contributed by atoms with Gasteiger partial charge in [0.05, 0.1) is 46.1 Å². The van der Waals surface area contributed by atoms with E-state index in [0.29, 0.717) is 45.3 Å². The number of unbranched alkanes of at least 4 members (excludes halogenated alkanes) is 2. The Kier molecular flexibility index (Phi) is 14.1. The van der Waals surface area contributed by atoms with Gasteiger partial charge in [0.15, 0.2) is 17.2 Å². The van der Waals surface area contributed by atoms with Crippen molar-refractivity contribution in [1.29, 1.82) is 0 Å². The molecule has 11 heteroatoms. The lowest BCUT2D eigenvalue weighted by atomic mass is 9.99. The Morgan fingerprint density at radius 3 is 1.51 bits per heavy atom. The largest absolute Gasteiger partial charge is 0.492 e. The summed E-state index contributed by atoms with van der Waals surface area (Å²) in [4.78, 5) is 57.2. The first-order valence-corrected chi connectivity index (χ1v) is 20.3. The second-order valence-corrected chi connectivity index (χ2v) is 15.7. The van der Waals surface area contributed by atoms with Crippen LogP contribution in [0.4, 0.5) is 0 Å². The van der Waals surface area contributed by atoms with Crippen LogP contribution in [0.1, 0.15) is 95.8 Å². The van der Waals surface area contributed by atoms with Crippen LogP contribution in [0.2, 0.25) is 0 Å². The standard InChI is InChI=1S/C42H50N2O7S2/c1-7-11-23-30(9-3)40(47)50-34-27(5)33(49-6)35(51-41(48)31(10-4)24-12-8-2)37-36(34)52-42(53-37)32-38(45)43(25-28-19-15-13-16-20-28)44(39(32)46)26-29-21-17-14-18-22-29/h13-22,30-31H,7-12,23-26H2,1-6H3. The van der Waals surface area contributed by atoms with Crippen molar-refractivity contribution in [1.82, 2.24) is 10.0 Å². The van der Waals surface area contributed by atoms with Crippen LogP contribution in [0.25, 0.3) is 0 Å². The highest BCUT2D eigenvalue weighted by Crippen LogP contribution is 2.63. The van der Waals surface area contributed by atoms with E-state index in [0.717, 1.165) is 36.8 Å². The molecule has 2 heterocycles. The highest BCUT2D eigenvalue weighted by molar-refractivity contribution is 8.25. The molecule has 0 spiro atoms. The Labute approximate surface area is 321 Å². The van der Waals surface area contributed by atoms with E-state index in [2.05, 4.69) is 13.8 Å². The molecular weight excluding hydrogens is 709 g/mol. The van der Waals surface area contributed by atoms with Crippen molar-refractivity contribution in [3.8, 4) is 17.2 Å². The minimum Gasteiger partial charge on any atom is -0.492 e. The zero-order valence-corrected chi connectivity index (χ0v) is 33.2. The summed E-state index contributed by atoms with van der Waals surface area (Å²) >= 11 is 2.36. The lowest BCUT2D eigenvalue weighted by Gasteiger charge is -2.27. The summed E-state index contributed by atoms with van der Waals surface area (Å²) in [5, 5.41) is 2.98. The van der Waals surface area contributed by atoms with Crippen LogP contribution < -0.4 is 14.2 Å². The van der Waals surface area contributed by atoms with Crippen LogP contribution in [-0.2, 0) is 32.3 Å². The van der Waals surface area contributed by atoms with Crippen LogP contribution >= 0.6 is 23.5 Å². The van der Waals surface area contributed by atoms with Crippen molar-refractivity contribution in [2.24, 2.45) is 11.8 Å². The number of carbonyl (C=O) groups is 4. The number of ether oxygens (including phenoxy) is 3. The first-order valence-electron chi connectivity index (χ1n) is 18.7. The number of esters is 2. The maximum absolute atomic E-state index is 14.4. The second kappa shape index (κ2) is 18.7. The molecule has 2 atom stereocenters. The van der Waals surface area contributed by atoms with Crippen LogP contribution in [-0.4, -0.2) is 40.9 Å². The first-order chi connectivity index (χ1) is 25.7. The number of nitrogens with zero attached hydrogens (tertiary/aromatic N) is 2. The van der Waals surface area contributed by atoms with Crippen molar-refractivity contribution >= 4 is 47.3 Å². The molecule has 3 aromatic rings. The number of hydrogen-bond donors (Lipinski definition) is 0. The Balaban J connectivity index is 1.61. The number of methoxy groups -OCH3 is 1. The van der Waals surface area contributed by atoms with Crippen molar-refractivity contribution < 1.29 is 33.4 Å². The maximum Gasteiger partial charge on any atom is 0.314 e. The van der Waals surface area contributed by atoms with E-state index in [-0.39, 0.29) is 59.7 Å². The summed E-state index contributed by atoms with van der Waals surface area (Å²) < 4.78 is 18.7. The molecule has 0 N–H and O–H groups in total. The Morgan fingerprint density at radius 2 is 1.09 bits per heavy atom. The SMILES string of the molecule is CCCCC(CC)C(=O)Oc1c(C)c(OC)c(OC(=O)C(CC)CCCC)c2c1SC(=C1C(=O)N(Cc3ccccc3)N(Cc3ccccc3)C1=O)S2. The van der Waals surface area contributed by atoms with Crippen molar-refractivity contribution in [2.45, 2.75) is 109 Å². The number of fused-ring (bicyclic) bond motifs is 1. The number of hydrogen-bond acceptors (Lipinski definition) is 9. The Hall–Kier alpha value is -4.22. The van der Waals surface area contributed by atoms with E-state index in [1.807, 2.05) is 74.5 Å². The molecule has 1 fully saturated rings. The van der Waals surface area contributed by atoms with Gasteiger partial charge in [0.2, 0.25) is 0 Å². The monoisotopic (exact) mass is 758 g/mol. The fraction of sp³-hybridized carbons (Fsp3) is 0.429. The fourth-order valence-electron chi connectivity index (χ4n) is 6.52. The molecule has 0 aliphatic carbocycles. The second-order valence-electron chi connectivity index (χ2n) is 13.4. The highest BCUT2D eigenvalue weighted by Gasteiger charge is 2.46. The number of hydrazine groups is 1. The average Bonchev–Trinajstić information content (AvgIpc) is 3.69. The number of thioether (sulfide) groups is 2. The van der Waals surface area contributed by atoms with Gasteiger partial charge in [-0.1, -0.05) is 138 Å². The van der Waals surface area contributed by atoms with Gasteiger partial charge in [-0.15, -0.1) is 0 Å². The number of amides is 2. The molecule has 282 valence electrons. The van der Waals surface area contributed by atoms with Crippen LogP contribution in [0.5, 0.6) is 17.2 Å². The fourth-order valence-corrected chi connectivity index (χ4v) is 9.25. The zero-order chi connectivity index (χ0) is 38.1. The summed E-state index contributed by atoms with van der Waals surface area (Å²) in [5.74, 6) is -1.47. The number of rotatable bonds is 17. The normalized spacial score (nSPS) is 15.1. The molecule has 53 heavy (non-hydrogen) atoms. The lowest BCUT2D eigenvalue weighted by molar-refractivity contribution is -0.149. The van der Waals surface area contributed by atoms with Gasteiger partial charge in [0.1, 0.15) is 5.57 Å². The van der Waals surface area contributed by atoms with Gasteiger partial charge in [0.25, 0.3) is 11.8 Å². The van der Waals surface area contributed by atoms with Crippen molar-refractivity contribution in [3.05, 3.63) is 87.2 Å². The minimum absolute atomic E-state index is 0.0120. The van der Waals surface area contributed by atoms with Gasteiger partial charge in [0, 0.05) is 5.56 Å². The summed E-state index contributed by atoms with van der Waals surface area (Å²) in [6.45, 7) is 10.3. The summed E-state index contributed by atoms with van der Waals surface area (Å²) in [6.07, 6.45) is 6.31. The smallest absolute Gasteiger partial charge is 0.314 e. The third-order valence-electron chi connectivity index (χ3n) is 9.71. The van der Waals surface area contributed by atoms with Crippen LogP contribution in [0.3, 0.4) is 0 Å². The highest BCUT2D eigenvalue weighted by atomic mass is 32.2. The van der Waals surface area contributed by atoms with E-state index in [1.54, 1.807) is 6.92 Å². The number of carbonyl (C=O) groups excluding carboxylic acids is 4. The first kappa shape index (κ1) is 40.0. The molecule has 2 aliphatic heterocycles. The molecule has 2 amide bonds. The zero-order valence-electron chi connectivity index (χ0n) is 31.6. The molecule has 9 nitrogen and oxygen atoms in total. The Bertz CT molecular complexity index is 1770. The third-order valence-corrected chi connectivity index (χ3v) is 12.3. The molecule has 0 radical (unpaired) electrons. The van der Waals surface area contributed by atoms with E-state index < -0.39 is 11.8 Å². The summed E-state index contributed by atoms with van der Waals surface area (Å²) in [5.41, 5.74) is 2.25. The topological polar surface area (TPSA) is 102 Å². The molecular formula is C42H50N2O7S2. The molecule has 0 bridgehead atoms. The Morgan fingerprint density at radius 1 is 0.660 bits per heavy atom. The van der Waals surface area contributed by atoms with Gasteiger partial charge in [-0.05, 0) is 43.7 Å². The van der Waals surface area contributed by atoms with Gasteiger partial charge in [-0.2, -0.15) is 0 Å². The summed E-state index contributed by atoms with van der Waals surface area (Å²) in [7, 11) is 1.49. The molecule has 2 aliphatic rings. The molecule has 3 aromatic carbocycles. The van der Waals surface area contributed by atoms with E-state index in [4.69, 9.17) is 14.2 Å². The van der Waals surface area contributed by atoms with Gasteiger partial charge in [-0.25, -0.2) is 10.0 Å². The molecule has 1 saturated heterocycles. The van der Waals surface area contributed by atoms with Crippen LogP contribution in [0, 0.1) is 18.8 Å². The van der Waals surface area contributed by atoms with E-state index in [9.17, 15) is 19.2 Å². The molecule has 0 aromatic heterocycles. The predicted octanol–water partition coefficient (Wildman–Crippen LogP) is 9.64. The van der Waals surface area contributed by atoms with Crippen molar-refractivity contribution in [2.75, 3.05) is 7.11 Å². The van der Waals surface area contributed by atoms with E-state index >= 15 is 0 Å². The maximum atomic E-state index is 14.4. The van der Waals surface area contributed by atoms with Gasteiger partial charge >= 0.3 is 11.9 Å². The molecule has 2 unspecified atom stereocenters. The molecule has 5 rings (SSSR count). The predicted molar refractivity (Wildman–Crippen MR) is 208 cm³/mol. The number of benzene rings is 3. The lowest BCUT2D eigenvalue weighted by Crippen LogP contribution is -2.39. The summed E-state index contributed by atoms with van der Waals surface area (Å²) in [6, 6.07) is 19.1. The average molecular weight is 759 g/mol. The quantitative estimate of drug-likeness (QED) is 0.0576.